The third kappa shape index (κ3) is 9.44. The van der Waals surface area contributed by atoms with Crippen molar-refractivity contribution in [3.8, 4) is 55.8 Å². The standard InChI is InChI=1S/C91H88BN3O/c1-55-48-61(89(11,12)13)38-47-77(55)94-79-52-72-80(96-85(57-28-22-19-23-29-57)81(72)56-26-20-18-21-27-56)54-76(79)92-83-71(51-70-66-30-24-25-31-73(66)91(16,17)82(70)84(83)94)69-50-68-67-49-65(93(62-39-32-58(33-40-62)86(2,3)4)63-41-34-59(35-42-63)87(5,6)7)45-46-74(67)90(14,15)75(68)53-78(69)95(92)64-43-36-60(37-44-64)88(8,9)10/h18-54H,1-17H3. The van der Waals surface area contributed by atoms with Gasteiger partial charge in [0.15, 0.2) is 0 Å². The Balaban J connectivity index is 1.02. The summed E-state index contributed by atoms with van der Waals surface area (Å²) in [6.07, 6.45) is 0. The van der Waals surface area contributed by atoms with Crippen LogP contribution in [0, 0.1) is 6.92 Å². The molecule has 0 N–H and O–H groups in total. The van der Waals surface area contributed by atoms with Gasteiger partial charge in [-0.05, 0) is 208 Å². The van der Waals surface area contributed by atoms with Crippen LogP contribution >= 0.6 is 0 Å². The van der Waals surface area contributed by atoms with Crippen LogP contribution in [0.2, 0.25) is 0 Å². The molecule has 0 saturated carbocycles. The molecule has 476 valence electrons. The van der Waals surface area contributed by atoms with Crippen molar-refractivity contribution in [2.75, 3.05) is 14.6 Å². The highest BCUT2D eigenvalue weighted by molar-refractivity contribution is 6.94. The van der Waals surface area contributed by atoms with Gasteiger partial charge in [-0.2, -0.15) is 0 Å². The summed E-state index contributed by atoms with van der Waals surface area (Å²) >= 11 is 0. The molecule has 0 saturated heterocycles. The molecule has 0 atom stereocenters. The molecule has 0 spiro atoms. The lowest BCUT2D eigenvalue weighted by molar-refractivity contribution is 0.589. The van der Waals surface area contributed by atoms with Crippen LogP contribution in [0.25, 0.3) is 66.8 Å². The van der Waals surface area contributed by atoms with E-state index >= 15 is 0 Å². The molecule has 4 nitrogen and oxygen atoms in total. The Labute approximate surface area is 570 Å². The van der Waals surface area contributed by atoms with Gasteiger partial charge in [-0.25, -0.2) is 0 Å². The van der Waals surface area contributed by atoms with E-state index in [1.54, 1.807) is 0 Å². The van der Waals surface area contributed by atoms with Crippen LogP contribution in [0.5, 0.6) is 0 Å². The Hall–Kier alpha value is -9.58. The van der Waals surface area contributed by atoms with Crippen molar-refractivity contribution in [2.45, 2.75) is 150 Å². The van der Waals surface area contributed by atoms with E-state index in [-0.39, 0.29) is 39.3 Å². The Morgan fingerprint density at radius 3 is 1.51 bits per heavy atom. The van der Waals surface area contributed by atoms with Crippen LogP contribution in [-0.2, 0) is 32.5 Å². The molecule has 0 amide bonds. The molecule has 2 aliphatic carbocycles. The number of benzene rings is 11. The van der Waals surface area contributed by atoms with Gasteiger partial charge in [-0.15, -0.1) is 0 Å². The predicted molar refractivity (Wildman–Crippen MR) is 410 cm³/mol. The van der Waals surface area contributed by atoms with Gasteiger partial charge in [-0.1, -0.05) is 250 Å². The molecule has 4 aliphatic rings. The number of aryl methyl sites for hydroxylation is 1. The van der Waals surface area contributed by atoms with Crippen LogP contribution in [0.3, 0.4) is 0 Å². The Morgan fingerprint density at radius 2 is 0.917 bits per heavy atom. The number of fused-ring (bicyclic) bond motifs is 12. The van der Waals surface area contributed by atoms with E-state index in [0.29, 0.717) is 0 Å². The minimum atomic E-state index is -0.381. The summed E-state index contributed by atoms with van der Waals surface area (Å²) < 4.78 is 7.47. The maximum atomic E-state index is 7.47. The highest BCUT2D eigenvalue weighted by Crippen LogP contribution is 2.61. The Bertz CT molecular complexity index is 5080. The van der Waals surface area contributed by atoms with Crippen molar-refractivity contribution in [1.82, 2.24) is 0 Å². The van der Waals surface area contributed by atoms with Gasteiger partial charge >= 0.3 is 6.85 Å². The van der Waals surface area contributed by atoms with E-state index in [4.69, 9.17) is 4.42 Å². The predicted octanol–water partition coefficient (Wildman–Crippen LogP) is 24.1. The average Bonchev–Trinajstić information content (AvgIpc) is 1.31. The lowest BCUT2D eigenvalue weighted by Gasteiger charge is -2.48. The molecule has 0 bridgehead atoms. The molecule has 1 aromatic heterocycles. The number of anilines is 8. The molecular weight excluding hydrogens is 1160 g/mol. The quantitative estimate of drug-likeness (QED) is 0.148. The van der Waals surface area contributed by atoms with Crippen LogP contribution < -0.4 is 25.5 Å². The van der Waals surface area contributed by atoms with E-state index < -0.39 is 0 Å². The Morgan fingerprint density at radius 1 is 0.396 bits per heavy atom. The van der Waals surface area contributed by atoms with Gasteiger partial charge in [0.25, 0.3) is 0 Å². The summed E-state index contributed by atoms with van der Waals surface area (Å²) in [5.41, 5.74) is 34.6. The van der Waals surface area contributed by atoms with E-state index in [1.165, 1.54) is 111 Å². The summed E-state index contributed by atoms with van der Waals surface area (Å²) in [5, 5.41) is 1.09. The maximum absolute atomic E-state index is 7.47. The van der Waals surface area contributed by atoms with Gasteiger partial charge in [0.2, 0.25) is 0 Å². The monoisotopic (exact) mass is 1250 g/mol. The molecule has 12 aromatic rings. The topological polar surface area (TPSA) is 22.9 Å². The second-order valence-corrected chi connectivity index (χ2v) is 33.1. The number of hydrogen-bond acceptors (Lipinski definition) is 4. The summed E-state index contributed by atoms with van der Waals surface area (Å²) in [6, 6.07) is 86.4. The molecule has 96 heavy (non-hydrogen) atoms. The number of hydrogen-bond donors (Lipinski definition) is 0. The normalized spacial score (nSPS) is 14.8. The number of nitrogens with zero attached hydrogens (tertiary/aromatic N) is 3. The Kier molecular flexibility index (Phi) is 13.5. The van der Waals surface area contributed by atoms with Gasteiger partial charge in [0.05, 0.1) is 0 Å². The van der Waals surface area contributed by atoms with Crippen LogP contribution in [0.15, 0.2) is 229 Å². The van der Waals surface area contributed by atoms with Gasteiger partial charge < -0.3 is 19.0 Å². The molecule has 16 rings (SSSR count). The second-order valence-electron chi connectivity index (χ2n) is 33.1. The number of furan rings is 1. The summed E-state index contributed by atoms with van der Waals surface area (Å²) in [6.45, 7) is 39.6. The third-order valence-electron chi connectivity index (χ3n) is 22.0. The highest BCUT2D eigenvalue weighted by atomic mass is 16.3. The van der Waals surface area contributed by atoms with Crippen molar-refractivity contribution in [3.05, 3.63) is 275 Å². The first-order valence-corrected chi connectivity index (χ1v) is 34.8. The van der Waals surface area contributed by atoms with E-state index in [1.807, 2.05) is 0 Å². The smallest absolute Gasteiger partial charge is 0.333 e. The first kappa shape index (κ1) is 61.3. The minimum Gasteiger partial charge on any atom is -0.455 e. The molecule has 2 aliphatic heterocycles. The van der Waals surface area contributed by atoms with E-state index in [2.05, 4.69) is 357 Å². The van der Waals surface area contributed by atoms with Crippen LogP contribution in [0.1, 0.15) is 161 Å². The zero-order chi connectivity index (χ0) is 67.1. The zero-order valence-corrected chi connectivity index (χ0v) is 59.2. The third-order valence-corrected chi connectivity index (χ3v) is 22.0. The van der Waals surface area contributed by atoms with E-state index in [0.717, 1.165) is 61.9 Å². The van der Waals surface area contributed by atoms with Crippen molar-refractivity contribution in [3.63, 3.8) is 0 Å². The fraction of sp³-hybridized carbons (Fsp3) is 0.253. The average molecular weight is 1250 g/mol. The molecule has 11 aromatic carbocycles. The van der Waals surface area contributed by atoms with Gasteiger partial charge in [0.1, 0.15) is 11.3 Å². The lowest BCUT2D eigenvalue weighted by atomic mass is 9.42. The first-order chi connectivity index (χ1) is 45.6. The van der Waals surface area contributed by atoms with E-state index in [9.17, 15) is 0 Å². The summed E-state index contributed by atoms with van der Waals surface area (Å²) in [7, 11) is 0. The van der Waals surface area contributed by atoms with Gasteiger partial charge in [0, 0.05) is 78.4 Å². The second kappa shape index (κ2) is 21.2. The van der Waals surface area contributed by atoms with Crippen molar-refractivity contribution in [2.24, 2.45) is 0 Å². The largest absolute Gasteiger partial charge is 0.455 e. The molecule has 0 radical (unpaired) electrons. The van der Waals surface area contributed by atoms with Crippen molar-refractivity contribution < 1.29 is 4.42 Å². The van der Waals surface area contributed by atoms with Crippen LogP contribution in [0.4, 0.5) is 45.5 Å². The molecule has 0 fully saturated rings. The van der Waals surface area contributed by atoms with Gasteiger partial charge in [-0.3, -0.25) is 0 Å². The maximum Gasteiger partial charge on any atom is 0.333 e. The number of rotatable bonds is 7. The SMILES string of the molecule is Cc1cc(C(C)(C)C)ccc1N1c2cc3c(-c4ccccc4)c(-c4ccccc4)oc3cc2B2c3c(cc4c(c31)C(C)(C)c1ccccc1-4)-c1cc3c(cc1N2c1ccc(C(C)(C)C)cc1)C(C)(C)c1ccc(N(c2ccc(C(C)(C)C)cc2)c2ccc(C(C)(C)C)cc2)cc1-3. The zero-order valence-electron chi connectivity index (χ0n) is 59.2. The molecule has 3 heterocycles. The molecular formula is C91H88BN3O. The van der Waals surface area contributed by atoms with Crippen molar-refractivity contribution >= 4 is 74.2 Å². The first-order valence-electron chi connectivity index (χ1n) is 34.8. The molecule has 5 heteroatoms. The highest BCUT2D eigenvalue weighted by Gasteiger charge is 2.52. The summed E-state index contributed by atoms with van der Waals surface area (Å²) in [4.78, 5) is 7.92. The van der Waals surface area contributed by atoms with Crippen LogP contribution in [-0.4, -0.2) is 6.85 Å². The minimum absolute atomic E-state index is 0.0201. The van der Waals surface area contributed by atoms with Crippen molar-refractivity contribution in [1.29, 1.82) is 0 Å². The molecule has 0 unspecified atom stereocenters. The summed E-state index contributed by atoms with van der Waals surface area (Å²) in [5.74, 6) is 0.872. The fourth-order valence-electron chi connectivity index (χ4n) is 16.6. The lowest BCUT2D eigenvalue weighted by Crippen LogP contribution is -2.62. The fourth-order valence-corrected chi connectivity index (χ4v) is 16.6.